The van der Waals surface area contributed by atoms with Crippen molar-refractivity contribution >= 4 is 33.2 Å². The van der Waals surface area contributed by atoms with Gasteiger partial charge in [-0.3, -0.25) is 0 Å². The molecular weight excluding hydrogens is 336 g/mol. The zero-order valence-electron chi connectivity index (χ0n) is 11.7. The largest absolute Gasteiger partial charge is 0.370 e. The van der Waals surface area contributed by atoms with Gasteiger partial charge in [-0.15, -0.1) is 0 Å². The summed E-state index contributed by atoms with van der Waals surface area (Å²) < 4.78 is 1.13. The van der Waals surface area contributed by atoms with Crippen molar-refractivity contribution in [3.8, 4) is 0 Å². The fraction of sp³-hybridized carbons (Fsp3) is 0.250. The lowest BCUT2D eigenvalue weighted by Gasteiger charge is -2.23. The van der Waals surface area contributed by atoms with Crippen molar-refractivity contribution in [2.75, 3.05) is 19.0 Å². The Kier molecular flexibility index (Phi) is 5.46. The van der Waals surface area contributed by atoms with Crippen LogP contribution in [-0.2, 0) is 13.1 Å². The molecule has 2 aromatic carbocycles. The van der Waals surface area contributed by atoms with Gasteiger partial charge in [0.2, 0.25) is 0 Å². The molecular formula is C16H18BrClN2. The van der Waals surface area contributed by atoms with Crippen molar-refractivity contribution in [2.24, 2.45) is 0 Å². The zero-order valence-corrected chi connectivity index (χ0v) is 14.0. The minimum Gasteiger partial charge on any atom is -0.370 e. The molecule has 1 N–H and O–H groups in total. The van der Waals surface area contributed by atoms with Crippen molar-refractivity contribution in [2.45, 2.75) is 13.1 Å². The van der Waals surface area contributed by atoms with Gasteiger partial charge in [-0.1, -0.05) is 51.8 Å². The van der Waals surface area contributed by atoms with Gasteiger partial charge in [-0.05, 0) is 36.4 Å². The summed E-state index contributed by atoms with van der Waals surface area (Å²) in [5.74, 6) is 0. The molecule has 0 bridgehead atoms. The van der Waals surface area contributed by atoms with Crippen LogP contribution in [0.25, 0.3) is 0 Å². The molecule has 0 unspecified atom stereocenters. The first-order chi connectivity index (χ1) is 9.61. The number of anilines is 1. The molecule has 0 saturated heterocycles. The molecule has 0 aromatic heterocycles. The van der Waals surface area contributed by atoms with Crippen LogP contribution in [0.3, 0.4) is 0 Å². The highest BCUT2D eigenvalue weighted by Crippen LogP contribution is 2.27. The third-order valence-corrected chi connectivity index (χ3v) is 4.20. The third-order valence-electron chi connectivity index (χ3n) is 3.19. The van der Waals surface area contributed by atoms with Crippen molar-refractivity contribution in [1.29, 1.82) is 0 Å². The SMILES string of the molecule is CNCc1ccc(Cl)cc1N(C)Cc1ccccc1Br. The number of hydrogen-bond donors (Lipinski definition) is 1. The highest BCUT2D eigenvalue weighted by molar-refractivity contribution is 9.10. The third kappa shape index (κ3) is 3.75. The van der Waals surface area contributed by atoms with Crippen molar-refractivity contribution < 1.29 is 0 Å². The highest BCUT2D eigenvalue weighted by atomic mass is 79.9. The summed E-state index contributed by atoms with van der Waals surface area (Å²) >= 11 is 9.73. The highest BCUT2D eigenvalue weighted by Gasteiger charge is 2.10. The summed E-state index contributed by atoms with van der Waals surface area (Å²) in [4.78, 5) is 2.22. The molecule has 0 radical (unpaired) electrons. The van der Waals surface area contributed by atoms with E-state index in [1.54, 1.807) is 0 Å². The maximum absolute atomic E-state index is 6.14. The molecule has 0 aliphatic rings. The molecule has 2 aromatic rings. The van der Waals surface area contributed by atoms with Crippen LogP contribution in [0.5, 0.6) is 0 Å². The Morgan fingerprint density at radius 1 is 1.15 bits per heavy atom. The minimum absolute atomic E-state index is 0.763. The van der Waals surface area contributed by atoms with Gasteiger partial charge >= 0.3 is 0 Å². The minimum atomic E-state index is 0.763. The van der Waals surface area contributed by atoms with Crippen LogP contribution in [0.15, 0.2) is 46.9 Å². The normalized spacial score (nSPS) is 10.6. The fourth-order valence-corrected chi connectivity index (χ4v) is 2.78. The van der Waals surface area contributed by atoms with E-state index >= 15 is 0 Å². The molecule has 4 heteroatoms. The first-order valence-corrected chi connectivity index (χ1v) is 7.66. The van der Waals surface area contributed by atoms with Gasteiger partial charge in [-0.25, -0.2) is 0 Å². The van der Waals surface area contributed by atoms with E-state index in [2.05, 4.69) is 57.5 Å². The van der Waals surface area contributed by atoms with Gasteiger partial charge in [0.05, 0.1) is 0 Å². The molecule has 2 rings (SSSR count). The Balaban J connectivity index is 2.26. The predicted molar refractivity (Wildman–Crippen MR) is 90.5 cm³/mol. The van der Waals surface area contributed by atoms with Crippen LogP contribution >= 0.6 is 27.5 Å². The Labute approximate surface area is 133 Å². The average Bonchev–Trinajstić information content (AvgIpc) is 2.43. The topological polar surface area (TPSA) is 15.3 Å². The van der Waals surface area contributed by atoms with E-state index in [-0.39, 0.29) is 0 Å². The average molecular weight is 354 g/mol. The number of nitrogens with one attached hydrogen (secondary N) is 1. The number of benzene rings is 2. The van der Waals surface area contributed by atoms with Crippen molar-refractivity contribution in [1.82, 2.24) is 5.32 Å². The van der Waals surface area contributed by atoms with Crippen LogP contribution < -0.4 is 10.2 Å². The van der Waals surface area contributed by atoms with E-state index in [4.69, 9.17) is 11.6 Å². The monoisotopic (exact) mass is 352 g/mol. The van der Waals surface area contributed by atoms with Gasteiger partial charge < -0.3 is 10.2 Å². The van der Waals surface area contributed by atoms with Gasteiger partial charge in [0.1, 0.15) is 0 Å². The van der Waals surface area contributed by atoms with Crippen LogP contribution in [-0.4, -0.2) is 14.1 Å². The predicted octanol–water partition coefficient (Wildman–Crippen LogP) is 4.46. The Morgan fingerprint density at radius 3 is 2.60 bits per heavy atom. The van der Waals surface area contributed by atoms with Crippen LogP contribution in [0.1, 0.15) is 11.1 Å². The Bertz CT molecular complexity index is 586. The zero-order chi connectivity index (χ0) is 14.5. The molecule has 0 amide bonds. The van der Waals surface area contributed by atoms with Gasteiger partial charge in [0, 0.05) is 35.3 Å². The Hall–Kier alpha value is -1.03. The van der Waals surface area contributed by atoms with Crippen LogP contribution in [0.2, 0.25) is 5.02 Å². The summed E-state index contributed by atoms with van der Waals surface area (Å²) in [6.45, 7) is 1.66. The lowest BCUT2D eigenvalue weighted by atomic mass is 10.1. The van der Waals surface area contributed by atoms with E-state index < -0.39 is 0 Å². The lowest BCUT2D eigenvalue weighted by Crippen LogP contribution is -2.20. The van der Waals surface area contributed by atoms with Crippen molar-refractivity contribution in [3.63, 3.8) is 0 Å². The first-order valence-electron chi connectivity index (χ1n) is 6.49. The second-order valence-corrected chi connectivity index (χ2v) is 6.04. The molecule has 2 nitrogen and oxygen atoms in total. The molecule has 0 aliphatic carbocycles. The van der Waals surface area contributed by atoms with Gasteiger partial charge in [0.15, 0.2) is 0 Å². The molecule has 106 valence electrons. The molecule has 0 heterocycles. The number of hydrogen-bond acceptors (Lipinski definition) is 2. The quantitative estimate of drug-likeness (QED) is 0.854. The Morgan fingerprint density at radius 2 is 1.90 bits per heavy atom. The summed E-state index contributed by atoms with van der Waals surface area (Å²) in [6.07, 6.45) is 0. The van der Waals surface area contributed by atoms with E-state index in [0.717, 1.165) is 28.3 Å². The second-order valence-electron chi connectivity index (χ2n) is 4.75. The van der Waals surface area contributed by atoms with Crippen LogP contribution in [0, 0.1) is 0 Å². The van der Waals surface area contributed by atoms with E-state index in [0.29, 0.717) is 0 Å². The smallest absolute Gasteiger partial charge is 0.0437 e. The molecule has 0 saturated carbocycles. The maximum atomic E-state index is 6.14. The summed E-state index contributed by atoms with van der Waals surface area (Å²) in [6, 6.07) is 14.3. The standard InChI is InChI=1S/C16H18BrClN2/c1-19-10-12-7-8-14(18)9-16(12)20(2)11-13-5-3-4-6-15(13)17/h3-9,19H,10-11H2,1-2H3. The first kappa shape index (κ1) is 15.4. The van der Waals surface area contributed by atoms with Crippen LogP contribution in [0.4, 0.5) is 5.69 Å². The number of nitrogens with zero attached hydrogens (tertiary/aromatic N) is 1. The summed E-state index contributed by atoms with van der Waals surface area (Å²) in [5, 5.41) is 3.96. The molecule has 0 spiro atoms. The second kappa shape index (κ2) is 7.11. The van der Waals surface area contributed by atoms with E-state index in [9.17, 15) is 0 Å². The summed E-state index contributed by atoms with van der Waals surface area (Å²) in [7, 11) is 4.04. The molecule has 0 fully saturated rings. The molecule has 20 heavy (non-hydrogen) atoms. The van der Waals surface area contributed by atoms with E-state index in [1.807, 2.05) is 25.2 Å². The van der Waals surface area contributed by atoms with E-state index in [1.165, 1.54) is 11.1 Å². The maximum Gasteiger partial charge on any atom is 0.0437 e. The summed E-state index contributed by atoms with van der Waals surface area (Å²) in [5.41, 5.74) is 3.65. The molecule has 0 aliphatic heterocycles. The lowest BCUT2D eigenvalue weighted by molar-refractivity contribution is 0.805. The van der Waals surface area contributed by atoms with Gasteiger partial charge in [0.25, 0.3) is 0 Å². The number of rotatable bonds is 5. The van der Waals surface area contributed by atoms with Gasteiger partial charge in [-0.2, -0.15) is 0 Å². The fourth-order valence-electron chi connectivity index (χ4n) is 2.20. The van der Waals surface area contributed by atoms with Crippen molar-refractivity contribution in [3.05, 3.63) is 63.1 Å². The molecule has 0 atom stereocenters. The number of halogens is 2.